The lowest BCUT2D eigenvalue weighted by Crippen LogP contribution is -2.51. The van der Waals surface area contributed by atoms with Gasteiger partial charge in [0.25, 0.3) is 0 Å². The van der Waals surface area contributed by atoms with Crippen LogP contribution in [0.3, 0.4) is 0 Å². The number of carbonyl (C=O) groups is 1. The molecule has 0 bridgehead atoms. The van der Waals surface area contributed by atoms with Crippen LogP contribution in [-0.4, -0.2) is 99.5 Å². The molecule has 10 heteroatoms. The molecule has 3 aromatic rings. The first kappa shape index (κ1) is 30.4. The minimum absolute atomic E-state index is 0.160. The van der Waals surface area contributed by atoms with Crippen molar-refractivity contribution < 1.29 is 9.53 Å². The molecule has 2 fully saturated rings. The van der Waals surface area contributed by atoms with Crippen molar-refractivity contribution in [1.29, 1.82) is 0 Å². The molecule has 0 atom stereocenters. The van der Waals surface area contributed by atoms with E-state index >= 15 is 0 Å². The van der Waals surface area contributed by atoms with Crippen LogP contribution in [0.5, 0.6) is 0 Å². The van der Waals surface area contributed by atoms with Crippen LogP contribution < -0.4 is 4.90 Å². The van der Waals surface area contributed by atoms with E-state index in [0.717, 1.165) is 113 Å². The van der Waals surface area contributed by atoms with E-state index in [2.05, 4.69) is 62.7 Å². The lowest BCUT2D eigenvalue weighted by Gasteiger charge is -2.39. The zero-order chi connectivity index (χ0) is 29.5. The number of hydrogen-bond donors (Lipinski definition) is 0. The summed E-state index contributed by atoms with van der Waals surface area (Å²) < 4.78 is 7.22. The zero-order valence-electron chi connectivity index (χ0n) is 25.9. The van der Waals surface area contributed by atoms with Gasteiger partial charge in [0.05, 0.1) is 30.4 Å². The van der Waals surface area contributed by atoms with Gasteiger partial charge < -0.3 is 14.5 Å². The summed E-state index contributed by atoms with van der Waals surface area (Å²) in [6.07, 6.45) is 9.81. The zero-order valence-corrected chi connectivity index (χ0v) is 25.9. The first-order chi connectivity index (χ1) is 20.5. The monoisotopic (exact) mass is 576 g/mol. The number of methoxy groups -OCH3 is 1. The maximum atomic E-state index is 13.5. The van der Waals surface area contributed by atoms with Crippen LogP contribution >= 0.6 is 0 Å². The molecule has 0 aromatic carbocycles. The summed E-state index contributed by atoms with van der Waals surface area (Å²) in [5.41, 5.74) is 2.91. The first-order valence-electron chi connectivity index (χ1n) is 15.8. The molecular formula is C32H48N8O2. The van der Waals surface area contributed by atoms with Gasteiger partial charge in [-0.25, -0.2) is 14.6 Å². The van der Waals surface area contributed by atoms with Gasteiger partial charge in [0, 0.05) is 64.0 Å². The van der Waals surface area contributed by atoms with Gasteiger partial charge in [-0.15, -0.1) is 0 Å². The molecule has 4 heterocycles. The second-order valence-corrected chi connectivity index (χ2v) is 12.2. The van der Waals surface area contributed by atoms with E-state index in [0.29, 0.717) is 24.4 Å². The van der Waals surface area contributed by atoms with Gasteiger partial charge >= 0.3 is 0 Å². The fourth-order valence-electron chi connectivity index (χ4n) is 6.50. The summed E-state index contributed by atoms with van der Waals surface area (Å²) in [6, 6.07) is 6.70. The van der Waals surface area contributed by atoms with Crippen LogP contribution in [0.2, 0.25) is 0 Å². The van der Waals surface area contributed by atoms with E-state index in [1.54, 1.807) is 13.4 Å². The highest BCUT2D eigenvalue weighted by atomic mass is 16.5. The third-order valence-electron chi connectivity index (χ3n) is 8.99. The van der Waals surface area contributed by atoms with Crippen molar-refractivity contribution in [2.24, 2.45) is 11.8 Å². The minimum atomic E-state index is 0.160. The maximum Gasteiger partial charge on any atom is 0.225 e. The number of amides is 1. The van der Waals surface area contributed by atoms with Crippen molar-refractivity contribution in [2.75, 3.05) is 57.9 Å². The van der Waals surface area contributed by atoms with E-state index in [4.69, 9.17) is 9.72 Å². The van der Waals surface area contributed by atoms with E-state index in [1.165, 1.54) is 0 Å². The van der Waals surface area contributed by atoms with Crippen LogP contribution in [0.25, 0.3) is 11.0 Å². The molecular weight excluding hydrogens is 528 g/mol. The molecule has 1 aliphatic carbocycles. The Morgan fingerprint density at radius 2 is 1.83 bits per heavy atom. The van der Waals surface area contributed by atoms with Gasteiger partial charge in [-0.3, -0.25) is 14.7 Å². The molecule has 0 radical (unpaired) electrons. The smallest absolute Gasteiger partial charge is 0.225 e. The molecule has 5 rings (SSSR count). The summed E-state index contributed by atoms with van der Waals surface area (Å²) >= 11 is 0. The normalized spacial score (nSPS) is 19.8. The second kappa shape index (κ2) is 14.4. The Kier molecular flexibility index (Phi) is 10.4. The number of hydrogen-bond acceptors (Lipinski definition) is 8. The molecule has 228 valence electrons. The first-order valence-corrected chi connectivity index (χ1v) is 15.8. The van der Waals surface area contributed by atoms with Gasteiger partial charge in [0.2, 0.25) is 5.91 Å². The quantitative estimate of drug-likeness (QED) is 0.319. The number of aromatic nitrogens is 5. The third kappa shape index (κ3) is 7.26. The highest BCUT2D eigenvalue weighted by Gasteiger charge is 2.32. The summed E-state index contributed by atoms with van der Waals surface area (Å²) in [6.45, 7) is 13.1. The molecule has 0 N–H and O–H groups in total. The molecule has 1 aliphatic heterocycles. The largest absolute Gasteiger partial charge is 0.383 e. The van der Waals surface area contributed by atoms with Crippen molar-refractivity contribution in [3.05, 3.63) is 42.1 Å². The Balaban J connectivity index is 1.15. The number of nitrogens with zero attached hydrogens (tertiary/aromatic N) is 8. The molecule has 1 amide bonds. The molecule has 10 nitrogen and oxygen atoms in total. The molecule has 1 saturated carbocycles. The third-order valence-corrected chi connectivity index (χ3v) is 8.99. The number of aryl methyl sites for hydroxylation is 1. The van der Waals surface area contributed by atoms with Crippen LogP contribution in [-0.2, 0) is 22.5 Å². The second-order valence-electron chi connectivity index (χ2n) is 12.2. The summed E-state index contributed by atoms with van der Waals surface area (Å²) in [4.78, 5) is 34.3. The summed E-state index contributed by atoms with van der Waals surface area (Å²) in [7, 11) is 1.77. The molecule has 0 unspecified atom stereocenters. The van der Waals surface area contributed by atoms with Gasteiger partial charge in [0.1, 0.15) is 12.1 Å². The van der Waals surface area contributed by atoms with Crippen molar-refractivity contribution in [3.8, 4) is 0 Å². The predicted octanol–water partition coefficient (Wildman–Crippen LogP) is 4.03. The number of piperazine rings is 1. The van der Waals surface area contributed by atoms with Crippen molar-refractivity contribution in [2.45, 2.75) is 71.9 Å². The number of fused-ring (bicyclic) bond motifs is 1. The maximum absolute atomic E-state index is 13.5. The van der Waals surface area contributed by atoms with Crippen molar-refractivity contribution in [1.82, 2.24) is 34.5 Å². The molecule has 2 aliphatic rings. The molecule has 42 heavy (non-hydrogen) atoms. The van der Waals surface area contributed by atoms with Gasteiger partial charge in [-0.05, 0) is 64.0 Å². The van der Waals surface area contributed by atoms with Crippen molar-refractivity contribution in [3.63, 3.8) is 0 Å². The predicted molar refractivity (Wildman–Crippen MR) is 165 cm³/mol. The number of pyridine rings is 1. The molecule has 3 aromatic heterocycles. The van der Waals surface area contributed by atoms with Crippen LogP contribution in [0.4, 0.5) is 5.82 Å². The van der Waals surface area contributed by atoms with E-state index in [-0.39, 0.29) is 5.92 Å². The van der Waals surface area contributed by atoms with E-state index in [1.807, 2.05) is 16.9 Å². The number of rotatable bonds is 12. The van der Waals surface area contributed by atoms with Crippen LogP contribution in [0.15, 0.2) is 30.7 Å². The molecule has 0 spiro atoms. The van der Waals surface area contributed by atoms with Crippen LogP contribution in [0, 0.1) is 11.8 Å². The number of ether oxygens (including phenoxy) is 1. The molecule has 1 saturated heterocycles. The fraction of sp³-hybridized carbons (Fsp3) is 0.656. The Bertz CT molecular complexity index is 1290. The summed E-state index contributed by atoms with van der Waals surface area (Å²) in [5.74, 6) is 2.07. The lowest BCUT2D eigenvalue weighted by molar-refractivity contribution is -0.137. The fourth-order valence-corrected chi connectivity index (χ4v) is 6.50. The Labute approximate surface area is 250 Å². The van der Waals surface area contributed by atoms with E-state index < -0.39 is 0 Å². The summed E-state index contributed by atoms with van der Waals surface area (Å²) in [5, 5.41) is 5.59. The Morgan fingerprint density at radius 3 is 2.55 bits per heavy atom. The average Bonchev–Trinajstić information content (AvgIpc) is 3.42. The number of carbonyl (C=O) groups excluding carboxylic acids is 1. The van der Waals surface area contributed by atoms with Crippen LogP contribution in [0.1, 0.15) is 64.3 Å². The van der Waals surface area contributed by atoms with E-state index in [9.17, 15) is 4.79 Å². The average molecular weight is 577 g/mol. The van der Waals surface area contributed by atoms with Gasteiger partial charge in [-0.1, -0.05) is 19.4 Å². The van der Waals surface area contributed by atoms with Crippen molar-refractivity contribution >= 4 is 22.8 Å². The SMILES string of the molecule is CCCc1cccc(Cn2ncc3c(N4CCN(C(=O)C5CCC(CN(CCOC)C(C)C)CC5)CC4)ncnc32)n1. The Hall–Kier alpha value is -3.11. The Morgan fingerprint density at radius 1 is 1.07 bits per heavy atom. The van der Waals surface area contributed by atoms with Gasteiger partial charge in [0.15, 0.2) is 5.65 Å². The standard InChI is InChI=1S/C32H48N8O2/c1-5-7-27-8-6-9-28(36-27)22-40-31-29(20-35-40)30(33-23-34-31)37-14-16-38(17-15-37)32(41)26-12-10-25(11-13-26)21-39(24(2)3)18-19-42-4/h6,8-9,20,23-26H,5,7,10-19,21-22H2,1-4H3. The van der Waals surface area contributed by atoms with Gasteiger partial charge in [-0.2, -0.15) is 5.10 Å². The highest BCUT2D eigenvalue weighted by Crippen LogP contribution is 2.32. The topological polar surface area (TPSA) is 92.5 Å². The highest BCUT2D eigenvalue weighted by molar-refractivity contribution is 5.87. The number of anilines is 1. The minimum Gasteiger partial charge on any atom is -0.383 e. The lowest BCUT2D eigenvalue weighted by atomic mass is 9.81.